The quantitative estimate of drug-likeness (QED) is 0.552. The van der Waals surface area contributed by atoms with Crippen LogP contribution in [0.3, 0.4) is 0 Å². The smallest absolute Gasteiger partial charge is 0.220 e. The number of halogens is 2. The van der Waals surface area contributed by atoms with E-state index in [1.165, 1.54) is 25.8 Å². The minimum absolute atomic E-state index is 0.175. The van der Waals surface area contributed by atoms with Crippen LogP contribution in [0.15, 0.2) is 18.2 Å². The Morgan fingerprint density at radius 3 is 2.37 bits per heavy atom. The molecular formula is C23H35Cl2N3O2. The summed E-state index contributed by atoms with van der Waals surface area (Å²) in [5.41, 5.74) is 1.12. The van der Waals surface area contributed by atoms with Gasteiger partial charge in [0.15, 0.2) is 0 Å². The number of amides is 1. The zero-order chi connectivity index (χ0) is 21.3. The molecule has 1 aromatic carbocycles. The Labute approximate surface area is 191 Å². The van der Waals surface area contributed by atoms with Crippen LogP contribution in [0.1, 0.15) is 44.9 Å². The fourth-order valence-corrected chi connectivity index (χ4v) is 5.10. The van der Waals surface area contributed by atoms with Crippen molar-refractivity contribution in [3.63, 3.8) is 0 Å². The first-order valence-corrected chi connectivity index (χ1v) is 12.0. The standard InChI is InChI=1S/C23H35Cl2N3O2/c1-30-14-2-3-23(29)26-21-6-4-18(5-7-21)8-9-27-10-12-28(13-11-27)22-16-19(24)15-20(25)17-22/h15-18,21H,2-14H2,1H3,(H,26,29). The maximum absolute atomic E-state index is 12.0. The molecule has 1 saturated carbocycles. The van der Waals surface area contributed by atoms with Gasteiger partial charge in [0.25, 0.3) is 0 Å². The van der Waals surface area contributed by atoms with Gasteiger partial charge in [-0.15, -0.1) is 0 Å². The Morgan fingerprint density at radius 2 is 1.73 bits per heavy atom. The first kappa shape index (κ1) is 23.6. The molecular weight excluding hydrogens is 421 g/mol. The Hall–Kier alpha value is -1.01. The monoisotopic (exact) mass is 455 g/mol. The third-order valence-electron chi connectivity index (χ3n) is 6.40. The number of nitrogens with zero attached hydrogens (tertiary/aromatic N) is 2. The molecule has 1 heterocycles. The van der Waals surface area contributed by atoms with E-state index >= 15 is 0 Å². The van der Waals surface area contributed by atoms with E-state index in [1.807, 2.05) is 12.1 Å². The van der Waals surface area contributed by atoms with Crippen molar-refractivity contribution < 1.29 is 9.53 Å². The van der Waals surface area contributed by atoms with Gasteiger partial charge in [-0.25, -0.2) is 0 Å². The number of benzene rings is 1. The molecule has 7 heteroatoms. The summed E-state index contributed by atoms with van der Waals surface area (Å²) < 4.78 is 5.01. The number of carbonyl (C=O) groups excluding carboxylic acids is 1. The Bertz CT molecular complexity index is 652. The highest BCUT2D eigenvalue weighted by atomic mass is 35.5. The number of carbonyl (C=O) groups is 1. The minimum Gasteiger partial charge on any atom is -0.385 e. The molecule has 30 heavy (non-hydrogen) atoms. The van der Waals surface area contributed by atoms with Crippen molar-refractivity contribution in [3.8, 4) is 0 Å². The maximum atomic E-state index is 12.0. The van der Waals surface area contributed by atoms with Crippen LogP contribution in [-0.2, 0) is 9.53 Å². The third kappa shape index (κ3) is 7.60. The summed E-state index contributed by atoms with van der Waals surface area (Å²) in [6.07, 6.45) is 7.32. The number of ether oxygens (including phenoxy) is 1. The van der Waals surface area contributed by atoms with E-state index in [4.69, 9.17) is 27.9 Å². The van der Waals surface area contributed by atoms with E-state index in [1.54, 1.807) is 13.2 Å². The van der Waals surface area contributed by atoms with Crippen LogP contribution in [0, 0.1) is 5.92 Å². The number of piperazine rings is 1. The van der Waals surface area contributed by atoms with Crippen LogP contribution >= 0.6 is 23.2 Å². The second kappa shape index (κ2) is 12.1. The zero-order valence-electron chi connectivity index (χ0n) is 18.0. The predicted molar refractivity (Wildman–Crippen MR) is 125 cm³/mol. The van der Waals surface area contributed by atoms with E-state index in [-0.39, 0.29) is 5.91 Å². The molecule has 1 aromatic rings. The maximum Gasteiger partial charge on any atom is 0.220 e. The summed E-state index contributed by atoms with van der Waals surface area (Å²) in [6.45, 7) is 6.01. The van der Waals surface area contributed by atoms with Gasteiger partial charge in [-0.3, -0.25) is 9.69 Å². The van der Waals surface area contributed by atoms with Crippen LogP contribution < -0.4 is 10.2 Å². The van der Waals surface area contributed by atoms with Crippen LogP contribution in [0.25, 0.3) is 0 Å². The second-order valence-electron chi connectivity index (χ2n) is 8.63. The lowest BCUT2D eigenvalue weighted by Gasteiger charge is -2.37. The number of methoxy groups -OCH3 is 1. The highest BCUT2D eigenvalue weighted by Gasteiger charge is 2.24. The molecule has 168 valence electrons. The predicted octanol–water partition coefficient (Wildman–Crippen LogP) is 4.61. The van der Waals surface area contributed by atoms with Crippen LogP contribution in [-0.4, -0.2) is 63.3 Å². The van der Waals surface area contributed by atoms with Gasteiger partial charge >= 0.3 is 0 Å². The van der Waals surface area contributed by atoms with Crippen LogP contribution in [0.2, 0.25) is 10.0 Å². The molecule has 0 bridgehead atoms. The zero-order valence-corrected chi connectivity index (χ0v) is 19.6. The average molecular weight is 456 g/mol. The number of rotatable bonds is 9. The summed E-state index contributed by atoms with van der Waals surface area (Å²) in [4.78, 5) is 16.9. The van der Waals surface area contributed by atoms with Crippen molar-refractivity contribution in [3.05, 3.63) is 28.2 Å². The van der Waals surface area contributed by atoms with Gasteiger partial charge in [0, 0.05) is 68.1 Å². The molecule has 5 nitrogen and oxygen atoms in total. The summed E-state index contributed by atoms with van der Waals surface area (Å²) in [5, 5.41) is 4.59. The van der Waals surface area contributed by atoms with Gasteiger partial charge in [0.1, 0.15) is 0 Å². The van der Waals surface area contributed by atoms with Crippen molar-refractivity contribution in [2.24, 2.45) is 5.92 Å². The van der Waals surface area contributed by atoms with Crippen LogP contribution in [0.4, 0.5) is 5.69 Å². The van der Waals surface area contributed by atoms with E-state index < -0.39 is 0 Å². The first-order chi connectivity index (χ1) is 14.5. The number of nitrogens with one attached hydrogen (secondary N) is 1. The molecule has 1 amide bonds. The number of hydrogen-bond donors (Lipinski definition) is 1. The van der Waals surface area contributed by atoms with Crippen molar-refractivity contribution in [1.29, 1.82) is 0 Å². The van der Waals surface area contributed by atoms with Crippen LogP contribution in [0.5, 0.6) is 0 Å². The summed E-state index contributed by atoms with van der Waals surface area (Å²) in [5.74, 6) is 0.964. The highest BCUT2D eigenvalue weighted by Crippen LogP contribution is 2.28. The fraction of sp³-hybridized carbons (Fsp3) is 0.696. The lowest BCUT2D eigenvalue weighted by molar-refractivity contribution is -0.122. The summed E-state index contributed by atoms with van der Waals surface area (Å²) in [7, 11) is 1.67. The van der Waals surface area contributed by atoms with Gasteiger partial charge in [0.05, 0.1) is 0 Å². The Morgan fingerprint density at radius 1 is 1.07 bits per heavy atom. The Balaban J connectivity index is 1.31. The largest absolute Gasteiger partial charge is 0.385 e. The second-order valence-corrected chi connectivity index (χ2v) is 9.50. The molecule has 1 N–H and O–H groups in total. The van der Waals surface area contributed by atoms with E-state index in [0.29, 0.717) is 29.1 Å². The van der Waals surface area contributed by atoms with Crippen molar-refractivity contribution in [1.82, 2.24) is 10.2 Å². The van der Waals surface area contributed by atoms with Crippen molar-refractivity contribution in [2.75, 3.05) is 51.3 Å². The topological polar surface area (TPSA) is 44.8 Å². The van der Waals surface area contributed by atoms with Gasteiger partial charge < -0.3 is 15.0 Å². The molecule has 0 aromatic heterocycles. The van der Waals surface area contributed by atoms with Gasteiger partial charge in [-0.05, 0) is 69.2 Å². The molecule has 1 saturated heterocycles. The molecule has 1 aliphatic carbocycles. The Kier molecular flexibility index (Phi) is 9.57. The summed E-state index contributed by atoms with van der Waals surface area (Å²) in [6, 6.07) is 6.14. The highest BCUT2D eigenvalue weighted by molar-refractivity contribution is 6.35. The van der Waals surface area contributed by atoms with Crippen molar-refractivity contribution >= 4 is 34.8 Å². The van der Waals surface area contributed by atoms with E-state index in [9.17, 15) is 4.79 Å². The molecule has 0 unspecified atom stereocenters. The molecule has 2 aliphatic rings. The normalized spacial score (nSPS) is 22.8. The SMILES string of the molecule is COCCCC(=O)NC1CCC(CCN2CCN(c3cc(Cl)cc(Cl)c3)CC2)CC1. The molecule has 0 spiro atoms. The van der Waals surface area contributed by atoms with Gasteiger partial charge in [0.2, 0.25) is 5.91 Å². The number of anilines is 1. The average Bonchev–Trinajstić information content (AvgIpc) is 2.73. The lowest BCUT2D eigenvalue weighted by atomic mass is 9.84. The first-order valence-electron chi connectivity index (χ1n) is 11.2. The minimum atomic E-state index is 0.175. The number of hydrogen-bond acceptors (Lipinski definition) is 4. The molecule has 2 fully saturated rings. The van der Waals surface area contributed by atoms with Crippen molar-refractivity contribution in [2.45, 2.75) is 51.0 Å². The fourth-order valence-electron chi connectivity index (χ4n) is 4.59. The molecule has 3 rings (SSSR count). The van der Waals surface area contributed by atoms with E-state index in [2.05, 4.69) is 15.1 Å². The van der Waals surface area contributed by atoms with Gasteiger partial charge in [-0.2, -0.15) is 0 Å². The third-order valence-corrected chi connectivity index (χ3v) is 6.84. The lowest BCUT2D eigenvalue weighted by Crippen LogP contribution is -2.47. The molecule has 1 aliphatic heterocycles. The summed E-state index contributed by atoms with van der Waals surface area (Å²) >= 11 is 12.3. The van der Waals surface area contributed by atoms with Gasteiger partial charge in [-0.1, -0.05) is 23.2 Å². The van der Waals surface area contributed by atoms with E-state index in [0.717, 1.165) is 57.0 Å². The molecule has 0 atom stereocenters. The molecule has 0 radical (unpaired) electrons.